The van der Waals surface area contributed by atoms with E-state index in [4.69, 9.17) is 4.74 Å². The van der Waals surface area contributed by atoms with Gasteiger partial charge in [0.25, 0.3) is 0 Å². The molecule has 6 heteroatoms. The molecule has 0 aromatic heterocycles. The van der Waals surface area contributed by atoms with Crippen LogP contribution in [0, 0.1) is 5.92 Å². The molecule has 1 fully saturated rings. The molecular weight excluding hydrogens is 289 g/mol. The molecule has 0 aromatic rings. The van der Waals surface area contributed by atoms with E-state index in [-0.39, 0.29) is 24.0 Å². The predicted octanol–water partition coefficient (Wildman–Crippen LogP) is 3.44. The third-order valence-corrected chi connectivity index (χ3v) is 3.54. The Hall–Kier alpha value is -1.59. The van der Waals surface area contributed by atoms with Crippen LogP contribution in [0.15, 0.2) is 11.4 Å². The van der Waals surface area contributed by atoms with Crippen LogP contribution in [0.4, 0.5) is 9.18 Å². The van der Waals surface area contributed by atoms with E-state index in [0.29, 0.717) is 13.1 Å². The molecule has 1 saturated heterocycles. The van der Waals surface area contributed by atoms with Crippen molar-refractivity contribution >= 4 is 12.1 Å². The second-order valence-electron chi connectivity index (χ2n) is 6.66. The van der Waals surface area contributed by atoms with E-state index in [2.05, 4.69) is 4.74 Å². The third-order valence-electron chi connectivity index (χ3n) is 3.54. The summed E-state index contributed by atoms with van der Waals surface area (Å²) in [6, 6.07) is 0. The van der Waals surface area contributed by atoms with Crippen LogP contribution >= 0.6 is 0 Å². The molecule has 126 valence electrons. The lowest BCUT2D eigenvalue weighted by Gasteiger charge is -2.34. The molecule has 1 rings (SSSR count). The maximum atomic E-state index is 14.1. The van der Waals surface area contributed by atoms with Crippen molar-refractivity contribution < 1.29 is 23.5 Å². The molecular formula is C16H26FNO4. The molecule has 1 atom stereocenters. The van der Waals surface area contributed by atoms with Crippen LogP contribution in [0.1, 0.15) is 47.0 Å². The fraction of sp³-hybridized carbons (Fsp3) is 0.750. The Morgan fingerprint density at radius 2 is 1.95 bits per heavy atom. The summed E-state index contributed by atoms with van der Waals surface area (Å²) in [6.07, 6.45) is 1.39. The van der Waals surface area contributed by atoms with E-state index in [1.165, 1.54) is 14.0 Å². The standard InChI is InChI=1S/C16H26FNO4/c1-11(14(19)21-5)13(17)9-12-7-6-8-18(10-12)15(20)22-16(2,3)4/h12H,6-10H2,1-5H3/b13-11-. The number of amides is 1. The molecule has 0 N–H and O–H groups in total. The molecule has 0 spiro atoms. The van der Waals surface area contributed by atoms with E-state index in [1.54, 1.807) is 4.90 Å². The quantitative estimate of drug-likeness (QED) is 0.591. The van der Waals surface area contributed by atoms with Gasteiger partial charge >= 0.3 is 12.1 Å². The van der Waals surface area contributed by atoms with Crippen molar-refractivity contribution in [3.8, 4) is 0 Å². The highest BCUT2D eigenvalue weighted by Gasteiger charge is 2.28. The van der Waals surface area contributed by atoms with Crippen molar-refractivity contribution in [3.63, 3.8) is 0 Å². The zero-order chi connectivity index (χ0) is 16.9. The van der Waals surface area contributed by atoms with Gasteiger partial charge in [-0.05, 0) is 46.5 Å². The first-order chi connectivity index (χ1) is 10.1. The average molecular weight is 315 g/mol. The number of hydrogen-bond donors (Lipinski definition) is 0. The smallest absolute Gasteiger partial charge is 0.410 e. The van der Waals surface area contributed by atoms with Gasteiger partial charge in [0.2, 0.25) is 0 Å². The first-order valence-electron chi connectivity index (χ1n) is 7.55. The molecule has 0 aliphatic carbocycles. The molecule has 0 aromatic carbocycles. The number of esters is 1. The molecule has 1 aliphatic heterocycles. The van der Waals surface area contributed by atoms with Crippen molar-refractivity contribution in [2.75, 3.05) is 20.2 Å². The summed E-state index contributed by atoms with van der Waals surface area (Å²) < 4.78 is 23.9. The van der Waals surface area contributed by atoms with Gasteiger partial charge in [0.15, 0.2) is 0 Å². The van der Waals surface area contributed by atoms with Gasteiger partial charge in [-0.3, -0.25) is 0 Å². The average Bonchev–Trinajstić information content (AvgIpc) is 2.44. The van der Waals surface area contributed by atoms with Gasteiger partial charge in [-0.15, -0.1) is 0 Å². The van der Waals surface area contributed by atoms with Crippen LogP contribution in [0.3, 0.4) is 0 Å². The van der Waals surface area contributed by atoms with Crippen molar-refractivity contribution in [1.82, 2.24) is 4.90 Å². The van der Waals surface area contributed by atoms with Gasteiger partial charge in [0.05, 0.1) is 12.7 Å². The van der Waals surface area contributed by atoms with Crippen LogP contribution in [0.25, 0.3) is 0 Å². The Labute approximate surface area is 131 Å². The minimum absolute atomic E-state index is 0.00288. The Kier molecular flexibility index (Phi) is 6.38. The number of rotatable bonds is 3. The number of methoxy groups -OCH3 is 1. The number of carbonyl (C=O) groups is 2. The normalized spacial score (nSPS) is 20.3. The van der Waals surface area contributed by atoms with Gasteiger partial charge in [-0.1, -0.05) is 0 Å². The second-order valence-corrected chi connectivity index (χ2v) is 6.66. The summed E-state index contributed by atoms with van der Waals surface area (Å²) in [5.41, 5.74) is -0.548. The monoisotopic (exact) mass is 315 g/mol. The number of carbonyl (C=O) groups excluding carboxylic acids is 2. The Balaban J connectivity index is 2.64. The van der Waals surface area contributed by atoms with Gasteiger partial charge in [0, 0.05) is 19.5 Å². The maximum Gasteiger partial charge on any atom is 0.410 e. The summed E-state index contributed by atoms with van der Waals surface area (Å²) in [4.78, 5) is 25.0. The highest BCUT2D eigenvalue weighted by molar-refractivity contribution is 5.88. The summed E-state index contributed by atoms with van der Waals surface area (Å²) in [7, 11) is 1.23. The van der Waals surface area contributed by atoms with Crippen molar-refractivity contribution in [2.24, 2.45) is 5.92 Å². The molecule has 1 unspecified atom stereocenters. The number of nitrogens with zero attached hydrogens (tertiary/aromatic N) is 1. The minimum Gasteiger partial charge on any atom is -0.466 e. The number of allylic oxidation sites excluding steroid dienone is 1. The Morgan fingerprint density at radius 3 is 2.50 bits per heavy atom. The molecule has 1 amide bonds. The van der Waals surface area contributed by atoms with Crippen LogP contribution in [0.2, 0.25) is 0 Å². The van der Waals surface area contributed by atoms with Crippen LogP contribution in [-0.2, 0) is 14.3 Å². The van der Waals surface area contributed by atoms with Crippen LogP contribution in [0.5, 0.6) is 0 Å². The largest absolute Gasteiger partial charge is 0.466 e. The summed E-state index contributed by atoms with van der Waals surface area (Å²) in [6.45, 7) is 7.91. The number of piperidine rings is 1. The number of halogens is 1. The van der Waals surface area contributed by atoms with Crippen molar-refractivity contribution in [3.05, 3.63) is 11.4 Å². The first kappa shape index (κ1) is 18.5. The molecule has 0 saturated carbocycles. The lowest BCUT2D eigenvalue weighted by atomic mass is 9.93. The van der Waals surface area contributed by atoms with Gasteiger partial charge in [0.1, 0.15) is 11.4 Å². The van der Waals surface area contributed by atoms with Gasteiger partial charge in [-0.2, -0.15) is 0 Å². The zero-order valence-corrected chi connectivity index (χ0v) is 14.1. The van der Waals surface area contributed by atoms with Gasteiger partial charge in [-0.25, -0.2) is 14.0 Å². The van der Waals surface area contributed by atoms with E-state index in [0.717, 1.165) is 12.8 Å². The fourth-order valence-electron chi connectivity index (χ4n) is 2.39. The summed E-state index contributed by atoms with van der Waals surface area (Å²) in [5, 5.41) is 0. The third kappa shape index (κ3) is 5.66. The number of hydrogen-bond acceptors (Lipinski definition) is 4. The van der Waals surface area contributed by atoms with E-state index >= 15 is 0 Å². The Morgan fingerprint density at radius 1 is 1.32 bits per heavy atom. The fourth-order valence-corrected chi connectivity index (χ4v) is 2.39. The Bertz CT molecular complexity index is 454. The highest BCUT2D eigenvalue weighted by atomic mass is 19.1. The number of likely N-dealkylation sites (tertiary alicyclic amines) is 1. The van der Waals surface area contributed by atoms with Crippen molar-refractivity contribution in [2.45, 2.75) is 52.6 Å². The molecule has 1 heterocycles. The maximum absolute atomic E-state index is 14.1. The lowest BCUT2D eigenvalue weighted by Crippen LogP contribution is -2.42. The van der Waals surface area contributed by atoms with E-state index in [1.807, 2.05) is 20.8 Å². The first-order valence-corrected chi connectivity index (χ1v) is 7.55. The number of ether oxygens (including phenoxy) is 2. The molecule has 0 bridgehead atoms. The highest BCUT2D eigenvalue weighted by Crippen LogP contribution is 2.26. The second kappa shape index (κ2) is 7.61. The molecule has 1 aliphatic rings. The van der Waals surface area contributed by atoms with Crippen molar-refractivity contribution in [1.29, 1.82) is 0 Å². The molecule has 22 heavy (non-hydrogen) atoms. The van der Waals surface area contributed by atoms with Crippen LogP contribution < -0.4 is 0 Å². The molecule has 5 nitrogen and oxygen atoms in total. The summed E-state index contributed by atoms with van der Waals surface area (Å²) >= 11 is 0. The topological polar surface area (TPSA) is 55.8 Å². The SMILES string of the molecule is COC(=O)/C(C)=C(\F)CC1CCCN(C(=O)OC(C)(C)C)C1. The zero-order valence-electron chi connectivity index (χ0n) is 14.1. The van der Waals surface area contributed by atoms with E-state index < -0.39 is 17.4 Å². The van der Waals surface area contributed by atoms with Gasteiger partial charge < -0.3 is 14.4 Å². The predicted molar refractivity (Wildman–Crippen MR) is 81.0 cm³/mol. The van der Waals surface area contributed by atoms with E-state index in [9.17, 15) is 14.0 Å². The van der Waals surface area contributed by atoms with Crippen LogP contribution in [-0.4, -0.2) is 42.8 Å². The minimum atomic E-state index is -0.655. The summed E-state index contributed by atoms with van der Waals surface area (Å²) in [5.74, 6) is -1.14. The molecule has 0 radical (unpaired) electrons. The lowest BCUT2D eigenvalue weighted by molar-refractivity contribution is -0.136.